The molecule has 0 bridgehead atoms. The van der Waals surface area contributed by atoms with Crippen LogP contribution in [0, 0.1) is 0 Å². The first-order chi connectivity index (χ1) is 7.36. The highest BCUT2D eigenvalue weighted by Gasteiger charge is 2.13. The average molecular weight is 224 g/mol. The first-order valence-corrected chi connectivity index (χ1v) is 6.74. The lowest BCUT2D eigenvalue weighted by Gasteiger charge is -2.25. The molecule has 2 nitrogen and oxygen atoms in total. The molecule has 2 N–H and O–H groups in total. The van der Waals surface area contributed by atoms with Crippen molar-refractivity contribution < 1.29 is 0 Å². The Hall–Kier alpha value is -0.380. The topological polar surface area (TPSA) is 24.1 Å². The smallest absolute Gasteiger partial charge is 0.0386 e. The summed E-state index contributed by atoms with van der Waals surface area (Å²) < 4.78 is 0. The van der Waals surface area contributed by atoms with Crippen LogP contribution >= 0.6 is 11.3 Å². The SMILES string of the molecule is C[C@@H](NC[C@H]1CCCCN1)c1cccs1. The molecule has 1 aromatic rings. The van der Waals surface area contributed by atoms with Gasteiger partial charge in [0.25, 0.3) is 0 Å². The van der Waals surface area contributed by atoms with Crippen LogP contribution in [0.4, 0.5) is 0 Å². The van der Waals surface area contributed by atoms with E-state index in [0.717, 1.165) is 6.54 Å². The molecule has 0 spiro atoms. The maximum absolute atomic E-state index is 3.60. The molecule has 2 atom stereocenters. The van der Waals surface area contributed by atoms with Crippen LogP contribution in [0.1, 0.15) is 37.1 Å². The van der Waals surface area contributed by atoms with Crippen LogP contribution in [0.2, 0.25) is 0 Å². The fourth-order valence-electron chi connectivity index (χ4n) is 2.06. The summed E-state index contributed by atoms with van der Waals surface area (Å²) in [6.07, 6.45) is 4.05. The van der Waals surface area contributed by atoms with Crippen LogP contribution in [-0.4, -0.2) is 19.1 Å². The maximum atomic E-state index is 3.60. The highest BCUT2D eigenvalue weighted by atomic mass is 32.1. The van der Waals surface area contributed by atoms with Crippen LogP contribution in [0.25, 0.3) is 0 Å². The maximum Gasteiger partial charge on any atom is 0.0386 e. The van der Waals surface area contributed by atoms with Crippen molar-refractivity contribution in [3.8, 4) is 0 Å². The molecule has 2 heterocycles. The number of rotatable bonds is 4. The summed E-state index contributed by atoms with van der Waals surface area (Å²) in [5, 5.41) is 9.31. The first kappa shape index (κ1) is 11.1. The van der Waals surface area contributed by atoms with Crippen molar-refractivity contribution in [2.75, 3.05) is 13.1 Å². The van der Waals surface area contributed by atoms with Gasteiger partial charge < -0.3 is 10.6 Å². The van der Waals surface area contributed by atoms with Gasteiger partial charge in [0.2, 0.25) is 0 Å². The molecule has 0 unspecified atom stereocenters. The second-order valence-corrected chi connectivity index (χ2v) is 5.27. The molecule has 0 amide bonds. The minimum Gasteiger partial charge on any atom is -0.313 e. The predicted molar refractivity (Wildman–Crippen MR) is 66.4 cm³/mol. The van der Waals surface area contributed by atoms with Crippen molar-refractivity contribution in [3.63, 3.8) is 0 Å². The molecule has 0 radical (unpaired) electrons. The number of piperidine rings is 1. The van der Waals surface area contributed by atoms with Crippen molar-refractivity contribution >= 4 is 11.3 Å². The van der Waals surface area contributed by atoms with Gasteiger partial charge in [0.15, 0.2) is 0 Å². The Kier molecular flexibility index (Phi) is 4.18. The molecular weight excluding hydrogens is 204 g/mol. The van der Waals surface area contributed by atoms with Crippen LogP contribution in [-0.2, 0) is 0 Å². The molecule has 0 aliphatic carbocycles. The third-order valence-electron chi connectivity index (χ3n) is 3.05. The third-order valence-corrected chi connectivity index (χ3v) is 4.11. The van der Waals surface area contributed by atoms with E-state index in [2.05, 4.69) is 35.1 Å². The van der Waals surface area contributed by atoms with E-state index in [0.29, 0.717) is 12.1 Å². The van der Waals surface area contributed by atoms with E-state index in [1.165, 1.54) is 30.7 Å². The standard InChI is InChI=1S/C12H20N2S/c1-10(12-6-4-8-15-12)14-9-11-5-2-3-7-13-11/h4,6,8,10-11,13-14H,2-3,5,7,9H2,1H3/t10-,11-/m1/s1. The zero-order chi connectivity index (χ0) is 10.5. The second-order valence-electron chi connectivity index (χ2n) is 4.29. The van der Waals surface area contributed by atoms with E-state index in [1.807, 2.05) is 11.3 Å². The molecule has 1 aromatic heterocycles. The van der Waals surface area contributed by atoms with Gasteiger partial charge in [-0.1, -0.05) is 12.5 Å². The third kappa shape index (κ3) is 3.30. The molecule has 1 fully saturated rings. The van der Waals surface area contributed by atoms with Gasteiger partial charge in [0.05, 0.1) is 0 Å². The lowest BCUT2D eigenvalue weighted by atomic mass is 10.0. The van der Waals surface area contributed by atoms with E-state index in [1.54, 1.807) is 0 Å². The predicted octanol–water partition coefficient (Wildman–Crippen LogP) is 2.54. The van der Waals surface area contributed by atoms with E-state index in [-0.39, 0.29) is 0 Å². The lowest BCUT2D eigenvalue weighted by molar-refractivity contribution is 0.372. The fraction of sp³-hybridized carbons (Fsp3) is 0.667. The molecular formula is C12H20N2S. The van der Waals surface area contributed by atoms with Crippen LogP contribution in [0.15, 0.2) is 17.5 Å². The number of hydrogen-bond acceptors (Lipinski definition) is 3. The summed E-state index contributed by atoms with van der Waals surface area (Å²) >= 11 is 1.83. The van der Waals surface area contributed by atoms with Crippen LogP contribution in [0.3, 0.4) is 0 Å². The van der Waals surface area contributed by atoms with Crippen LogP contribution < -0.4 is 10.6 Å². The molecule has 84 valence electrons. The normalized spacial score (nSPS) is 23.9. The van der Waals surface area contributed by atoms with Crippen molar-refractivity contribution in [2.24, 2.45) is 0 Å². The Bertz CT molecular complexity index is 265. The average Bonchev–Trinajstić information content (AvgIpc) is 2.81. The van der Waals surface area contributed by atoms with Gasteiger partial charge in [-0.25, -0.2) is 0 Å². The van der Waals surface area contributed by atoms with Crippen LogP contribution in [0.5, 0.6) is 0 Å². The minimum atomic E-state index is 0.494. The van der Waals surface area contributed by atoms with E-state index >= 15 is 0 Å². The van der Waals surface area contributed by atoms with Gasteiger partial charge >= 0.3 is 0 Å². The molecule has 15 heavy (non-hydrogen) atoms. The zero-order valence-electron chi connectivity index (χ0n) is 9.33. The van der Waals surface area contributed by atoms with Crippen molar-refractivity contribution in [1.82, 2.24) is 10.6 Å². The van der Waals surface area contributed by atoms with Gasteiger partial charge in [0, 0.05) is 23.5 Å². The summed E-state index contributed by atoms with van der Waals surface area (Å²) in [6, 6.07) is 5.50. The number of hydrogen-bond donors (Lipinski definition) is 2. The van der Waals surface area contributed by atoms with E-state index in [4.69, 9.17) is 0 Å². The number of nitrogens with one attached hydrogen (secondary N) is 2. The van der Waals surface area contributed by atoms with Crippen molar-refractivity contribution in [2.45, 2.75) is 38.3 Å². The summed E-state index contributed by atoms with van der Waals surface area (Å²) in [7, 11) is 0. The van der Waals surface area contributed by atoms with E-state index < -0.39 is 0 Å². The molecule has 3 heteroatoms. The summed E-state index contributed by atoms with van der Waals surface area (Å²) in [6.45, 7) is 4.54. The Morgan fingerprint density at radius 3 is 3.20 bits per heavy atom. The fourth-order valence-corrected chi connectivity index (χ4v) is 2.81. The zero-order valence-corrected chi connectivity index (χ0v) is 10.1. The van der Waals surface area contributed by atoms with Gasteiger partial charge in [-0.05, 0) is 37.8 Å². The Morgan fingerprint density at radius 2 is 2.53 bits per heavy atom. The molecule has 0 saturated carbocycles. The molecule has 2 rings (SSSR count). The molecule has 1 saturated heterocycles. The largest absolute Gasteiger partial charge is 0.313 e. The highest BCUT2D eigenvalue weighted by Crippen LogP contribution is 2.18. The number of thiophene rings is 1. The van der Waals surface area contributed by atoms with Gasteiger partial charge in [-0.15, -0.1) is 11.3 Å². The monoisotopic (exact) mass is 224 g/mol. The summed E-state index contributed by atoms with van der Waals surface area (Å²) in [5.41, 5.74) is 0. The minimum absolute atomic E-state index is 0.494. The van der Waals surface area contributed by atoms with E-state index in [9.17, 15) is 0 Å². The lowest BCUT2D eigenvalue weighted by Crippen LogP contribution is -2.42. The second kappa shape index (κ2) is 5.64. The van der Waals surface area contributed by atoms with Crippen molar-refractivity contribution in [3.05, 3.63) is 22.4 Å². The summed E-state index contributed by atoms with van der Waals surface area (Å²) in [5.74, 6) is 0. The van der Waals surface area contributed by atoms with Gasteiger partial charge in [-0.2, -0.15) is 0 Å². The summed E-state index contributed by atoms with van der Waals surface area (Å²) in [4.78, 5) is 1.44. The Morgan fingerprint density at radius 1 is 1.60 bits per heavy atom. The van der Waals surface area contributed by atoms with Crippen molar-refractivity contribution in [1.29, 1.82) is 0 Å². The Balaban J connectivity index is 1.73. The quantitative estimate of drug-likeness (QED) is 0.821. The Labute approximate surface area is 96.1 Å². The van der Waals surface area contributed by atoms with Gasteiger partial charge in [-0.3, -0.25) is 0 Å². The first-order valence-electron chi connectivity index (χ1n) is 5.86. The molecule has 1 aliphatic heterocycles. The van der Waals surface area contributed by atoms with Gasteiger partial charge in [0.1, 0.15) is 0 Å². The molecule has 1 aliphatic rings. The highest BCUT2D eigenvalue weighted by molar-refractivity contribution is 7.10. The molecule has 0 aromatic carbocycles.